The summed E-state index contributed by atoms with van der Waals surface area (Å²) in [4.78, 5) is 28.1. The molecule has 6 heterocycles. The maximum Gasteiger partial charge on any atom is 0.0900 e. The average Bonchev–Trinajstić information content (AvgIpc) is 3.42. The summed E-state index contributed by atoms with van der Waals surface area (Å²) in [6, 6.07) is 75.8. The van der Waals surface area contributed by atoms with Gasteiger partial charge in [-0.25, -0.2) is 9.97 Å². The molecule has 6 nitrogen and oxygen atoms in total. The average molecular weight is 845 g/mol. The maximum absolute atomic E-state index is 4.93. The first-order valence-electron chi connectivity index (χ1n) is 21.9. The monoisotopic (exact) mass is 844 g/mol. The van der Waals surface area contributed by atoms with Crippen LogP contribution < -0.4 is 0 Å². The third-order valence-electron chi connectivity index (χ3n) is 11.8. The first-order valence-corrected chi connectivity index (χ1v) is 21.9. The largest absolute Gasteiger partial charge is 0.255 e. The Morgan fingerprint density at radius 2 is 0.348 bits per heavy atom. The molecule has 6 aromatic heterocycles. The zero-order valence-corrected chi connectivity index (χ0v) is 35.8. The lowest BCUT2D eigenvalue weighted by molar-refractivity contribution is 1.22. The van der Waals surface area contributed by atoms with Crippen molar-refractivity contribution in [3.05, 3.63) is 243 Å². The standard InChI is InChI=1S/C60H40N6/c1-5-33-61-53(9-1)57-37-51(38-58(65-57)54-10-2-6-34-62-54)49-29-25-47(26-30-49)45-21-17-43(18-22-45)41-13-15-42(16-14-41)44-19-23-46(24-20-44)48-27-31-50(32-28-48)52-39-59(55-11-3-7-35-63-55)66-60(40-52)56-12-4-8-36-64-56/h1-40H. The fourth-order valence-corrected chi connectivity index (χ4v) is 8.25. The molecular weight excluding hydrogens is 805 g/mol. The number of rotatable bonds is 10. The minimum atomic E-state index is 0.813. The van der Waals surface area contributed by atoms with Gasteiger partial charge >= 0.3 is 0 Å². The fraction of sp³-hybridized carbons (Fsp3) is 0. The lowest BCUT2D eigenvalue weighted by Crippen LogP contribution is -1.93. The third-order valence-corrected chi connectivity index (χ3v) is 11.8. The summed E-state index contributed by atoms with van der Waals surface area (Å²) >= 11 is 0. The van der Waals surface area contributed by atoms with E-state index < -0.39 is 0 Å². The van der Waals surface area contributed by atoms with E-state index in [1.807, 2.05) is 72.8 Å². The van der Waals surface area contributed by atoms with E-state index in [1.165, 1.54) is 22.3 Å². The molecule has 0 N–H and O–H groups in total. The first-order chi connectivity index (χ1) is 32.7. The summed E-state index contributed by atoms with van der Waals surface area (Å²) in [6.45, 7) is 0. The van der Waals surface area contributed by atoms with Crippen LogP contribution in [0.15, 0.2) is 243 Å². The summed E-state index contributed by atoms with van der Waals surface area (Å²) in [5.41, 5.74) is 20.2. The molecule has 0 unspecified atom stereocenters. The summed E-state index contributed by atoms with van der Waals surface area (Å²) in [5.74, 6) is 0. The van der Waals surface area contributed by atoms with Crippen LogP contribution in [0.3, 0.4) is 0 Å². The molecular formula is C60H40N6. The van der Waals surface area contributed by atoms with Gasteiger partial charge in [0.15, 0.2) is 0 Å². The molecule has 0 aliphatic heterocycles. The van der Waals surface area contributed by atoms with Crippen molar-refractivity contribution < 1.29 is 0 Å². The highest BCUT2D eigenvalue weighted by Gasteiger charge is 2.13. The van der Waals surface area contributed by atoms with Gasteiger partial charge in [-0.05, 0) is 140 Å². The SMILES string of the molecule is c1ccc(-c2cc(-c3ccc(-c4ccc(-c5ccc(-c6ccc(-c7ccc(-c8cc(-c9ccccn9)nc(-c9ccccn9)c8)cc7)cc6)cc5)cc4)cc3)cc(-c3ccccn3)n2)nc1. The predicted octanol–water partition coefficient (Wildman–Crippen LogP) is 14.7. The van der Waals surface area contributed by atoms with Crippen LogP contribution in [0.25, 0.3) is 112 Å². The summed E-state index contributed by atoms with van der Waals surface area (Å²) in [6.07, 6.45) is 7.18. The number of pyridine rings is 6. The van der Waals surface area contributed by atoms with Crippen molar-refractivity contribution in [1.29, 1.82) is 0 Å². The second-order valence-electron chi connectivity index (χ2n) is 16.0. The van der Waals surface area contributed by atoms with Crippen molar-refractivity contribution in [2.45, 2.75) is 0 Å². The van der Waals surface area contributed by atoms with Crippen LogP contribution in [0.5, 0.6) is 0 Å². The quantitative estimate of drug-likeness (QED) is 0.136. The van der Waals surface area contributed by atoms with Gasteiger partial charge in [0.1, 0.15) is 0 Å². The molecule has 0 aliphatic rings. The van der Waals surface area contributed by atoms with Gasteiger partial charge < -0.3 is 0 Å². The molecule has 11 aromatic rings. The Kier molecular flexibility index (Phi) is 10.9. The number of hydrogen-bond acceptors (Lipinski definition) is 6. The van der Waals surface area contributed by atoms with Crippen LogP contribution in [-0.4, -0.2) is 29.9 Å². The van der Waals surface area contributed by atoms with Crippen LogP contribution in [-0.2, 0) is 0 Å². The predicted molar refractivity (Wildman–Crippen MR) is 268 cm³/mol. The maximum atomic E-state index is 4.93. The van der Waals surface area contributed by atoms with Crippen molar-refractivity contribution in [3.63, 3.8) is 0 Å². The molecule has 0 radical (unpaired) electrons. The molecule has 0 saturated heterocycles. The molecule has 5 aromatic carbocycles. The molecule has 66 heavy (non-hydrogen) atoms. The topological polar surface area (TPSA) is 77.3 Å². The smallest absolute Gasteiger partial charge is 0.0900 e. The van der Waals surface area contributed by atoms with Gasteiger partial charge in [0.05, 0.1) is 45.6 Å². The second-order valence-corrected chi connectivity index (χ2v) is 16.0. The molecule has 0 amide bonds. The van der Waals surface area contributed by atoms with Gasteiger partial charge in [-0.3, -0.25) is 19.9 Å². The van der Waals surface area contributed by atoms with Crippen molar-refractivity contribution in [2.75, 3.05) is 0 Å². The van der Waals surface area contributed by atoms with Crippen molar-refractivity contribution in [2.24, 2.45) is 0 Å². The van der Waals surface area contributed by atoms with Crippen LogP contribution in [0.4, 0.5) is 0 Å². The van der Waals surface area contributed by atoms with E-state index in [0.717, 1.165) is 90.1 Å². The van der Waals surface area contributed by atoms with Crippen LogP contribution >= 0.6 is 0 Å². The number of hydrogen-bond donors (Lipinski definition) is 0. The van der Waals surface area contributed by atoms with Crippen LogP contribution in [0.1, 0.15) is 0 Å². The van der Waals surface area contributed by atoms with Crippen LogP contribution in [0, 0.1) is 0 Å². The minimum absolute atomic E-state index is 0.813. The molecule has 6 heteroatoms. The summed E-state index contributed by atoms with van der Waals surface area (Å²) < 4.78 is 0. The Labute approximate surface area is 383 Å². The lowest BCUT2D eigenvalue weighted by Gasteiger charge is -2.11. The Balaban J connectivity index is 0.773. The molecule has 0 bridgehead atoms. The van der Waals surface area contributed by atoms with Crippen molar-refractivity contribution in [3.8, 4) is 112 Å². The molecule has 0 spiro atoms. The third kappa shape index (κ3) is 8.54. The van der Waals surface area contributed by atoms with Crippen molar-refractivity contribution in [1.82, 2.24) is 29.9 Å². The Morgan fingerprint density at radius 3 is 0.515 bits per heavy atom. The zero-order valence-electron chi connectivity index (χ0n) is 35.8. The van der Waals surface area contributed by atoms with Gasteiger partial charge in [0, 0.05) is 24.8 Å². The second kappa shape index (κ2) is 18.0. The number of benzene rings is 5. The Morgan fingerprint density at radius 1 is 0.167 bits per heavy atom. The highest BCUT2D eigenvalue weighted by atomic mass is 14.8. The number of nitrogens with zero attached hydrogens (tertiary/aromatic N) is 6. The van der Waals surface area contributed by atoms with Gasteiger partial charge in [-0.15, -0.1) is 0 Å². The molecule has 0 saturated carbocycles. The first kappa shape index (κ1) is 39.8. The lowest BCUT2D eigenvalue weighted by atomic mass is 9.95. The van der Waals surface area contributed by atoms with E-state index in [0.29, 0.717) is 0 Å². The van der Waals surface area contributed by atoms with Gasteiger partial charge in [-0.1, -0.05) is 146 Å². The van der Waals surface area contributed by atoms with E-state index >= 15 is 0 Å². The highest BCUT2D eigenvalue weighted by Crippen LogP contribution is 2.34. The molecule has 0 aliphatic carbocycles. The van der Waals surface area contributed by atoms with E-state index in [1.54, 1.807) is 24.8 Å². The Bertz CT molecular complexity index is 3030. The zero-order chi connectivity index (χ0) is 44.1. The van der Waals surface area contributed by atoms with Crippen molar-refractivity contribution >= 4 is 0 Å². The van der Waals surface area contributed by atoms with Gasteiger partial charge in [-0.2, -0.15) is 0 Å². The molecule has 0 atom stereocenters. The summed E-state index contributed by atoms with van der Waals surface area (Å²) in [7, 11) is 0. The van der Waals surface area contributed by atoms with E-state index in [4.69, 9.17) is 9.97 Å². The highest BCUT2D eigenvalue weighted by molar-refractivity contribution is 5.80. The minimum Gasteiger partial charge on any atom is -0.255 e. The normalized spacial score (nSPS) is 11.0. The number of aromatic nitrogens is 6. The van der Waals surface area contributed by atoms with E-state index in [2.05, 4.69) is 166 Å². The fourth-order valence-electron chi connectivity index (χ4n) is 8.25. The molecule has 11 rings (SSSR count). The van der Waals surface area contributed by atoms with E-state index in [-0.39, 0.29) is 0 Å². The summed E-state index contributed by atoms with van der Waals surface area (Å²) in [5, 5.41) is 0. The Hall–Kier alpha value is -9.00. The van der Waals surface area contributed by atoms with Gasteiger partial charge in [0.25, 0.3) is 0 Å². The van der Waals surface area contributed by atoms with E-state index in [9.17, 15) is 0 Å². The van der Waals surface area contributed by atoms with Crippen LogP contribution in [0.2, 0.25) is 0 Å². The molecule has 310 valence electrons. The molecule has 0 fully saturated rings. The van der Waals surface area contributed by atoms with Gasteiger partial charge in [0.2, 0.25) is 0 Å².